The van der Waals surface area contributed by atoms with Gasteiger partial charge in [-0.3, -0.25) is 4.79 Å². The molecule has 1 N–H and O–H groups in total. The van der Waals surface area contributed by atoms with Crippen LogP contribution in [0.15, 0.2) is 0 Å². The van der Waals surface area contributed by atoms with Gasteiger partial charge in [0.1, 0.15) is 0 Å². The van der Waals surface area contributed by atoms with Gasteiger partial charge in [0.25, 0.3) is 0 Å². The van der Waals surface area contributed by atoms with Crippen LogP contribution < -0.4 is 5.32 Å². The third-order valence-corrected chi connectivity index (χ3v) is 2.36. The Hall–Kier alpha value is -0.610. The van der Waals surface area contributed by atoms with Crippen molar-refractivity contribution >= 4 is 5.97 Å². The number of ether oxygens (including phenoxy) is 2. The van der Waals surface area contributed by atoms with E-state index in [1.807, 2.05) is 20.8 Å². The van der Waals surface area contributed by atoms with Crippen molar-refractivity contribution in [3.8, 4) is 0 Å². The molecule has 0 saturated heterocycles. The van der Waals surface area contributed by atoms with E-state index in [1.165, 1.54) is 7.11 Å². The van der Waals surface area contributed by atoms with Crippen LogP contribution in [0.1, 0.15) is 34.1 Å². The third-order valence-electron chi connectivity index (χ3n) is 2.36. The lowest BCUT2D eigenvalue weighted by atomic mass is 10.0. The fourth-order valence-electron chi connectivity index (χ4n) is 1.51. The van der Waals surface area contributed by atoms with E-state index in [-0.39, 0.29) is 18.0 Å². The number of rotatable bonds is 8. The quantitative estimate of drug-likeness (QED) is 0.509. The first-order valence-electron chi connectivity index (χ1n) is 5.90. The molecular formula is C12H25NO3. The number of hydrogen-bond donors (Lipinski definition) is 1. The molecule has 0 amide bonds. The molecular weight excluding hydrogens is 206 g/mol. The van der Waals surface area contributed by atoms with Crippen molar-refractivity contribution in [2.75, 3.05) is 20.3 Å². The van der Waals surface area contributed by atoms with E-state index >= 15 is 0 Å². The molecule has 2 unspecified atom stereocenters. The van der Waals surface area contributed by atoms with Gasteiger partial charge in [-0.1, -0.05) is 6.92 Å². The summed E-state index contributed by atoms with van der Waals surface area (Å²) in [5.41, 5.74) is 0. The van der Waals surface area contributed by atoms with Crippen LogP contribution in [0.2, 0.25) is 0 Å². The minimum Gasteiger partial charge on any atom is -0.469 e. The van der Waals surface area contributed by atoms with Gasteiger partial charge in [-0.15, -0.1) is 0 Å². The zero-order valence-corrected chi connectivity index (χ0v) is 11.1. The Bertz CT molecular complexity index is 195. The fraction of sp³-hybridized carbons (Fsp3) is 0.917. The van der Waals surface area contributed by atoms with Gasteiger partial charge in [0.15, 0.2) is 0 Å². The largest absolute Gasteiger partial charge is 0.469 e. The molecule has 0 aromatic carbocycles. The molecule has 0 aromatic heterocycles. The van der Waals surface area contributed by atoms with E-state index in [1.54, 1.807) is 0 Å². The lowest BCUT2D eigenvalue weighted by molar-refractivity contribution is -0.145. The van der Waals surface area contributed by atoms with Gasteiger partial charge in [0.2, 0.25) is 0 Å². The normalized spacial score (nSPS) is 14.9. The Kier molecular flexibility index (Phi) is 8.21. The maximum atomic E-state index is 11.2. The lowest BCUT2D eigenvalue weighted by Gasteiger charge is -2.17. The van der Waals surface area contributed by atoms with Gasteiger partial charge in [0, 0.05) is 12.6 Å². The maximum Gasteiger partial charge on any atom is 0.308 e. The summed E-state index contributed by atoms with van der Waals surface area (Å²) in [6.45, 7) is 9.50. The van der Waals surface area contributed by atoms with Crippen LogP contribution in [0, 0.1) is 5.92 Å². The van der Waals surface area contributed by atoms with Gasteiger partial charge in [0.05, 0.1) is 25.7 Å². The maximum absolute atomic E-state index is 11.2. The summed E-state index contributed by atoms with van der Waals surface area (Å²) in [6.07, 6.45) is 1.06. The highest BCUT2D eigenvalue weighted by atomic mass is 16.5. The molecule has 0 aromatic rings. The van der Waals surface area contributed by atoms with Crippen LogP contribution >= 0.6 is 0 Å². The molecule has 0 spiro atoms. The number of methoxy groups -OCH3 is 1. The first kappa shape index (κ1) is 15.4. The van der Waals surface area contributed by atoms with E-state index in [9.17, 15) is 4.79 Å². The number of carbonyl (C=O) groups excluding carboxylic acids is 1. The fourth-order valence-corrected chi connectivity index (χ4v) is 1.51. The second kappa shape index (κ2) is 8.53. The molecule has 4 heteroatoms. The summed E-state index contributed by atoms with van der Waals surface area (Å²) in [6, 6.07) is 0.296. The smallest absolute Gasteiger partial charge is 0.308 e. The number of carbonyl (C=O) groups is 1. The molecule has 0 radical (unpaired) electrons. The summed E-state index contributed by atoms with van der Waals surface area (Å²) < 4.78 is 10.1. The Morgan fingerprint density at radius 2 is 1.88 bits per heavy atom. The van der Waals surface area contributed by atoms with Gasteiger partial charge in [-0.2, -0.15) is 0 Å². The van der Waals surface area contributed by atoms with Crippen LogP contribution in [0.4, 0.5) is 0 Å². The van der Waals surface area contributed by atoms with Crippen LogP contribution in [0.25, 0.3) is 0 Å². The van der Waals surface area contributed by atoms with Crippen LogP contribution in [0.3, 0.4) is 0 Å². The summed E-state index contributed by atoms with van der Waals surface area (Å²) >= 11 is 0. The van der Waals surface area contributed by atoms with Crippen molar-refractivity contribution in [1.29, 1.82) is 0 Å². The minimum atomic E-state index is -0.146. The average molecular weight is 231 g/mol. The highest BCUT2D eigenvalue weighted by Crippen LogP contribution is 2.07. The molecule has 0 fully saturated rings. The minimum absolute atomic E-state index is 0.0569. The highest BCUT2D eigenvalue weighted by Gasteiger charge is 2.16. The molecule has 0 rings (SSSR count). The van der Waals surface area contributed by atoms with Crippen molar-refractivity contribution < 1.29 is 14.3 Å². The summed E-state index contributed by atoms with van der Waals surface area (Å²) in [5, 5.41) is 3.32. The molecule has 0 heterocycles. The standard InChI is InChI=1S/C12H25NO3/c1-9(2)16-7-6-13-11(4)8-10(3)12(14)15-5/h9-11,13H,6-8H2,1-5H3. The SMILES string of the molecule is COC(=O)C(C)CC(C)NCCOC(C)C. The first-order chi connectivity index (χ1) is 7.47. The predicted octanol–water partition coefficient (Wildman–Crippen LogP) is 1.59. The summed E-state index contributed by atoms with van der Waals surface area (Å²) in [7, 11) is 1.42. The number of hydrogen-bond acceptors (Lipinski definition) is 4. The molecule has 4 nitrogen and oxygen atoms in total. The zero-order chi connectivity index (χ0) is 12.6. The topological polar surface area (TPSA) is 47.6 Å². The van der Waals surface area contributed by atoms with Crippen LogP contribution in [0.5, 0.6) is 0 Å². The van der Waals surface area contributed by atoms with Crippen molar-refractivity contribution in [3.05, 3.63) is 0 Å². The second-order valence-corrected chi connectivity index (χ2v) is 4.43. The molecule has 16 heavy (non-hydrogen) atoms. The zero-order valence-electron chi connectivity index (χ0n) is 11.1. The van der Waals surface area contributed by atoms with E-state index in [4.69, 9.17) is 4.74 Å². The van der Waals surface area contributed by atoms with Crippen molar-refractivity contribution in [2.24, 2.45) is 5.92 Å². The summed E-state index contributed by atoms with van der Waals surface area (Å²) in [4.78, 5) is 11.2. The van der Waals surface area contributed by atoms with Crippen LogP contribution in [-0.2, 0) is 14.3 Å². The second-order valence-electron chi connectivity index (χ2n) is 4.43. The van der Waals surface area contributed by atoms with E-state index < -0.39 is 0 Å². The first-order valence-corrected chi connectivity index (χ1v) is 5.90. The van der Waals surface area contributed by atoms with Gasteiger partial charge in [-0.05, 0) is 27.2 Å². The Balaban J connectivity index is 3.58. The Morgan fingerprint density at radius 3 is 2.38 bits per heavy atom. The van der Waals surface area contributed by atoms with E-state index in [0.29, 0.717) is 12.6 Å². The van der Waals surface area contributed by atoms with Gasteiger partial charge in [-0.25, -0.2) is 0 Å². The number of nitrogens with one attached hydrogen (secondary N) is 1. The molecule has 2 atom stereocenters. The predicted molar refractivity (Wildman–Crippen MR) is 64.3 cm³/mol. The van der Waals surface area contributed by atoms with Gasteiger partial charge >= 0.3 is 5.97 Å². The Labute approximate surface area is 98.7 Å². The highest BCUT2D eigenvalue weighted by molar-refractivity contribution is 5.71. The van der Waals surface area contributed by atoms with Crippen LogP contribution in [-0.4, -0.2) is 38.4 Å². The molecule has 0 aliphatic carbocycles. The van der Waals surface area contributed by atoms with Crippen molar-refractivity contribution in [3.63, 3.8) is 0 Å². The Morgan fingerprint density at radius 1 is 1.25 bits per heavy atom. The molecule has 0 saturated carbocycles. The van der Waals surface area contributed by atoms with Crippen molar-refractivity contribution in [1.82, 2.24) is 5.32 Å². The number of esters is 1. The van der Waals surface area contributed by atoms with E-state index in [2.05, 4.69) is 17.0 Å². The van der Waals surface area contributed by atoms with Crippen molar-refractivity contribution in [2.45, 2.75) is 46.3 Å². The lowest BCUT2D eigenvalue weighted by Crippen LogP contribution is -2.33. The molecule has 96 valence electrons. The monoisotopic (exact) mass is 231 g/mol. The third kappa shape index (κ3) is 7.65. The average Bonchev–Trinajstić information content (AvgIpc) is 2.22. The summed E-state index contributed by atoms with van der Waals surface area (Å²) in [5.74, 6) is -0.203. The molecule has 0 aliphatic heterocycles. The molecule has 0 bridgehead atoms. The molecule has 0 aliphatic rings. The van der Waals surface area contributed by atoms with Gasteiger partial charge < -0.3 is 14.8 Å². The van der Waals surface area contributed by atoms with E-state index in [0.717, 1.165) is 13.0 Å².